The number of thioether (sulfide) groups is 1. The number of aliphatic carboxylic acids is 1. The molecule has 1 aliphatic rings. The Balaban J connectivity index is 1.24. The summed E-state index contributed by atoms with van der Waals surface area (Å²) in [4.78, 5) is 38.7. The second-order valence-corrected chi connectivity index (χ2v) is 11.7. The van der Waals surface area contributed by atoms with E-state index in [9.17, 15) is 18.8 Å². The molecule has 1 aromatic heterocycles. The molecule has 5 rings (SSSR count). The number of hydrogen-bond donors (Lipinski definition) is 2. The van der Waals surface area contributed by atoms with Gasteiger partial charge in [-0.25, -0.2) is 9.18 Å². The van der Waals surface area contributed by atoms with Crippen molar-refractivity contribution < 1.29 is 33.4 Å². The predicted octanol–water partition coefficient (Wildman–Crippen LogP) is 6.38. The Hall–Kier alpha value is -4.26. The molecule has 1 aliphatic heterocycles. The maximum atomic E-state index is 13.6. The van der Waals surface area contributed by atoms with Gasteiger partial charge in [-0.05, 0) is 42.0 Å². The summed E-state index contributed by atoms with van der Waals surface area (Å²) in [5.74, 6) is -1.16. The smallest absolute Gasteiger partial charge is 0.414 e. The fourth-order valence-electron chi connectivity index (χ4n) is 4.61. The number of carbonyl (C=O) groups excluding carboxylic acids is 2. The maximum Gasteiger partial charge on any atom is 0.414 e. The average Bonchev–Trinajstić information content (AvgIpc) is 3.49. The fourth-order valence-corrected chi connectivity index (χ4v) is 6.11. The number of fused-ring (bicyclic) bond motifs is 1. The molecule has 234 valence electrons. The molecule has 0 atom stereocenters. The lowest BCUT2D eigenvalue weighted by Crippen LogP contribution is -2.36. The number of rotatable bonds is 11. The lowest BCUT2D eigenvalue weighted by atomic mass is 10.1. The number of amides is 2. The molecule has 4 aromatic rings. The van der Waals surface area contributed by atoms with Crippen LogP contribution in [-0.4, -0.2) is 64.9 Å². The number of benzene rings is 3. The highest BCUT2D eigenvalue weighted by atomic mass is 35.5. The van der Waals surface area contributed by atoms with E-state index in [2.05, 4.69) is 10.4 Å². The summed E-state index contributed by atoms with van der Waals surface area (Å²) in [6.45, 7) is 0.716. The Bertz CT molecular complexity index is 1740. The minimum absolute atomic E-state index is 0.00586. The van der Waals surface area contributed by atoms with E-state index in [-0.39, 0.29) is 37.0 Å². The first-order valence-electron chi connectivity index (χ1n) is 13.8. The second kappa shape index (κ2) is 14.7. The topological polar surface area (TPSA) is 123 Å². The van der Waals surface area contributed by atoms with E-state index in [0.29, 0.717) is 40.7 Å². The molecule has 0 fully saturated rings. The lowest BCUT2D eigenvalue weighted by Gasteiger charge is -2.29. The van der Waals surface area contributed by atoms with Crippen LogP contribution in [0.15, 0.2) is 71.9 Å². The third-order valence-electron chi connectivity index (χ3n) is 6.76. The minimum Gasteiger partial charge on any atom is -0.488 e. The zero-order chi connectivity index (χ0) is 31.9. The van der Waals surface area contributed by atoms with Gasteiger partial charge >= 0.3 is 12.1 Å². The Kier molecular flexibility index (Phi) is 10.5. The van der Waals surface area contributed by atoms with Crippen LogP contribution in [0.2, 0.25) is 10.0 Å². The first-order chi connectivity index (χ1) is 21.7. The molecule has 2 N–H and O–H groups in total. The highest BCUT2D eigenvalue weighted by Crippen LogP contribution is 2.42. The second-order valence-electron chi connectivity index (χ2n) is 9.80. The van der Waals surface area contributed by atoms with Crippen LogP contribution in [0.3, 0.4) is 0 Å². The van der Waals surface area contributed by atoms with Crippen LogP contribution in [0.25, 0.3) is 11.1 Å². The van der Waals surface area contributed by atoms with E-state index < -0.39 is 23.8 Å². The molecule has 10 nitrogen and oxygen atoms in total. The normalized spacial score (nSPS) is 12.4. The Morgan fingerprint density at radius 2 is 1.91 bits per heavy atom. The molecule has 0 radical (unpaired) electrons. The van der Waals surface area contributed by atoms with Gasteiger partial charge in [0.2, 0.25) is 0 Å². The number of carboxylic acid groups (broad SMARTS) is 1. The molecule has 0 saturated heterocycles. The molecular weight excluding hydrogens is 646 g/mol. The van der Waals surface area contributed by atoms with Crippen molar-refractivity contribution in [2.24, 2.45) is 0 Å². The SMILES string of the molecule is O=C(O)CCNC(=O)c1ccc(Cl)c(Cn2cc(-c3cccc4c3SCCN4C(=O)OCCOc3cccc(F)c3Cl)cn2)c1. The van der Waals surface area contributed by atoms with Gasteiger partial charge in [0.05, 0.1) is 24.8 Å². The number of hydrogen-bond acceptors (Lipinski definition) is 7. The summed E-state index contributed by atoms with van der Waals surface area (Å²) in [6.07, 6.45) is 2.88. The summed E-state index contributed by atoms with van der Waals surface area (Å²) < 4.78 is 26.2. The molecule has 0 saturated carbocycles. The number of carbonyl (C=O) groups is 3. The van der Waals surface area contributed by atoms with Crippen LogP contribution in [0, 0.1) is 5.82 Å². The first kappa shape index (κ1) is 32.1. The standard InChI is InChI=1S/C31H27Cl2FN4O6S/c32-23-8-7-19(30(41)35-10-9-27(39)40)15-20(23)17-37-18-21(16-36-37)22-3-1-5-25-29(22)45-14-11-38(25)31(42)44-13-12-43-26-6-2-4-24(34)28(26)33/h1-8,15-16,18H,9-14,17H2,(H,35,41)(H,39,40). The van der Waals surface area contributed by atoms with E-state index in [1.807, 2.05) is 24.4 Å². The monoisotopic (exact) mass is 672 g/mol. The van der Waals surface area contributed by atoms with Gasteiger partial charge in [-0.1, -0.05) is 41.4 Å². The van der Waals surface area contributed by atoms with Crippen LogP contribution in [0.1, 0.15) is 22.3 Å². The number of halogens is 3. The van der Waals surface area contributed by atoms with E-state index in [1.54, 1.807) is 45.7 Å². The number of ether oxygens (including phenoxy) is 2. The summed E-state index contributed by atoms with van der Waals surface area (Å²) in [5.41, 5.74) is 3.45. The van der Waals surface area contributed by atoms with E-state index in [1.165, 1.54) is 18.2 Å². The van der Waals surface area contributed by atoms with Crippen LogP contribution >= 0.6 is 35.0 Å². The molecule has 45 heavy (non-hydrogen) atoms. The predicted molar refractivity (Wildman–Crippen MR) is 169 cm³/mol. The van der Waals surface area contributed by atoms with Crippen LogP contribution in [-0.2, 0) is 16.1 Å². The molecule has 0 unspecified atom stereocenters. The van der Waals surface area contributed by atoms with Crippen molar-refractivity contribution in [2.45, 2.75) is 17.9 Å². The molecule has 0 bridgehead atoms. The van der Waals surface area contributed by atoms with Crippen molar-refractivity contribution in [1.82, 2.24) is 15.1 Å². The number of nitrogens with one attached hydrogen (secondary N) is 1. The number of carboxylic acids is 1. The number of anilines is 1. The average molecular weight is 674 g/mol. The third-order valence-corrected chi connectivity index (χ3v) is 8.60. The highest BCUT2D eigenvalue weighted by Gasteiger charge is 2.27. The zero-order valence-corrected chi connectivity index (χ0v) is 26.0. The molecule has 0 aliphatic carbocycles. The first-order valence-corrected chi connectivity index (χ1v) is 15.5. The van der Waals surface area contributed by atoms with Crippen molar-refractivity contribution in [1.29, 1.82) is 0 Å². The van der Waals surface area contributed by atoms with Crippen molar-refractivity contribution in [2.75, 3.05) is 37.0 Å². The summed E-state index contributed by atoms with van der Waals surface area (Å²) in [6, 6.07) is 14.8. The van der Waals surface area contributed by atoms with Gasteiger partial charge in [0.1, 0.15) is 29.8 Å². The van der Waals surface area contributed by atoms with E-state index in [0.717, 1.165) is 16.0 Å². The van der Waals surface area contributed by atoms with E-state index in [4.69, 9.17) is 37.8 Å². The van der Waals surface area contributed by atoms with Gasteiger partial charge < -0.3 is 19.9 Å². The summed E-state index contributed by atoms with van der Waals surface area (Å²) >= 11 is 14.0. The molecule has 0 spiro atoms. The van der Waals surface area contributed by atoms with Gasteiger partial charge in [-0.3, -0.25) is 19.2 Å². The van der Waals surface area contributed by atoms with E-state index >= 15 is 0 Å². The van der Waals surface area contributed by atoms with Gasteiger partial charge in [-0.15, -0.1) is 11.8 Å². The molecule has 2 amide bonds. The summed E-state index contributed by atoms with van der Waals surface area (Å²) in [5, 5.41) is 16.2. The Morgan fingerprint density at radius 1 is 1.09 bits per heavy atom. The van der Waals surface area contributed by atoms with Gasteiger partial charge in [-0.2, -0.15) is 5.10 Å². The van der Waals surface area contributed by atoms with Crippen molar-refractivity contribution in [3.8, 4) is 16.9 Å². The molecular formula is C31H27Cl2FN4O6S. The minimum atomic E-state index is -0.997. The highest BCUT2D eigenvalue weighted by molar-refractivity contribution is 7.99. The quantitative estimate of drug-likeness (QED) is 0.176. The van der Waals surface area contributed by atoms with Gasteiger partial charge in [0, 0.05) is 51.6 Å². The maximum absolute atomic E-state index is 13.6. The molecule has 14 heteroatoms. The number of nitrogens with zero attached hydrogens (tertiary/aromatic N) is 3. The fraction of sp³-hybridized carbons (Fsp3) is 0.226. The van der Waals surface area contributed by atoms with Crippen molar-refractivity contribution in [3.63, 3.8) is 0 Å². The lowest BCUT2D eigenvalue weighted by molar-refractivity contribution is -0.136. The number of aromatic nitrogens is 2. The van der Waals surface area contributed by atoms with Crippen molar-refractivity contribution in [3.05, 3.63) is 94.0 Å². The largest absolute Gasteiger partial charge is 0.488 e. The zero-order valence-electron chi connectivity index (χ0n) is 23.7. The molecule has 3 aromatic carbocycles. The van der Waals surface area contributed by atoms with Crippen LogP contribution < -0.4 is 15.0 Å². The summed E-state index contributed by atoms with van der Waals surface area (Å²) in [7, 11) is 0. The van der Waals surface area contributed by atoms with Crippen molar-refractivity contribution >= 4 is 58.6 Å². The van der Waals surface area contributed by atoms with Gasteiger partial charge in [0.15, 0.2) is 0 Å². The van der Waals surface area contributed by atoms with Crippen LogP contribution in [0.4, 0.5) is 14.9 Å². The Labute approximate surface area is 272 Å². The van der Waals surface area contributed by atoms with Crippen LogP contribution in [0.5, 0.6) is 5.75 Å². The molecule has 2 heterocycles. The Morgan fingerprint density at radius 3 is 2.73 bits per heavy atom. The van der Waals surface area contributed by atoms with Gasteiger partial charge in [0.25, 0.3) is 5.91 Å². The third kappa shape index (κ3) is 7.88.